The molecule has 0 aliphatic rings. The van der Waals surface area contributed by atoms with Gasteiger partial charge in [-0.15, -0.1) is 5.10 Å². The van der Waals surface area contributed by atoms with Crippen LogP contribution in [0, 0.1) is 11.3 Å². The molecule has 0 saturated heterocycles. The summed E-state index contributed by atoms with van der Waals surface area (Å²) in [7, 11) is 3.24. The van der Waals surface area contributed by atoms with Gasteiger partial charge in [-0.2, -0.15) is 5.26 Å². The lowest BCUT2D eigenvalue weighted by atomic mass is 10.2. The molecule has 1 aromatic heterocycles. The van der Waals surface area contributed by atoms with Crippen LogP contribution in [-0.4, -0.2) is 40.0 Å². The Morgan fingerprint density at radius 1 is 1.40 bits per heavy atom. The number of benzene rings is 1. The van der Waals surface area contributed by atoms with Crippen LogP contribution in [0.25, 0.3) is 0 Å². The highest BCUT2D eigenvalue weighted by Crippen LogP contribution is 2.14. The second-order valence-electron chi connectivity index (χ2n) is 4.37. The van der Waals surface area contributed by atoms with Crippen LogP contribution in [-0.2, 0) is 6.54 Å². The van der Waals surface area contributed by atoms with Crippen LogP contribution in [0.3, 0.4) is 0 Å². The predicted molar refractivity (Wildman–Crippen MR) is 73.0 cm³/mol. The van der Waals surface area contributed by atoms with E-state index in [9.17, 15) is 4.79 Å². The maximum Gasteiger partial charge on any atom is 0.322 e. The van der Waals surface area contributed by atoms with Crippen LogP contribution in [0.1, 0.15) is 11.3 Å². The summed E-state index contributed by atoms with van der Waals surface area (Å²) < 4.78 is 1.50. The lowest BCUT2D eigenvalue weighted by molar-refractivity contribution is 0.230. The van der Waals surface area contributed by atoms with Gasteiger partial charge in [0.05, 0.1) is 6.54 Å². The molecule has 7 heteroatoms. The van der Waals surface area contributed by atoms with E-state index < -0.39 is 0 Å². The molecule has 0 bridgehead atoms. The summed E-state index contributed by atoms with van der Waals surface area (Å²) in [5, 5.41) is 19.3. The Morgan fingerprint density at radius 2 is 2.10 bits per heavy atom. The van der Waals surface area contributed by atoms with Crippen molar-refractivity contribution >= 4 is 11.8 Å². The van der Waals surface area contributed by atoms with Gasteiger partial charge in [0.25, 0.3) is 0 Å². The first-order valence-electron chi connectivity index (χ1n) is 5.97. The Labute approximate surface area is 116 Å². The fourth-order valence-electron chi connectivity index (χ4n) is 1.59. The largest absolute Gasteiger partial charge is 0.331 e. The minimum atomic E-state index is -0.335. The summed E-state index contributed by atoms with van der Waals surface area (Å²) in [6.07, 6.45) is 0. The monoisotopic (exact) mass is 270 g/mol. The third-order valence-electron chi connectivity index (χ3n) is 2.65. The van der Waals surface area contributed by atoms with Crippen molar-refractivity contribution in [3.8, 4) is 6.07 Å². The van der Waals surface area contributed by atoms with E-state index in [4.69, 9.17) is 5.26 Å². The van der Waals surface area contributed by atoms with Crippen molar-refractivity contribution in [3.63, 3.8) is 0 Å². The van der Waals surface area contributed by atoms with Crippen molar-refractivity contribution in [2.45, 2.75) is 6.54 Å². The smallest absolute Gasteiger partial charge is 0.322 e. The molecular weight excluding hydrogens is 256 g/mol. The molecule has 102 valence electrons. The standard InChI is InChI=1S/C13H14N6O/c1-18(2)13(20)15-12-11(8-14)16-17-19(12)9-10-6-4-3-5-7-10/h3-7H,9H2,1-2H3,(H,15,20). The average molecular weight is 270 g/mol. The number of carbonyl (C=O) groups is 1. The molecular formula is C13H14N6O. The maximum atomic E-state index is 11.7. The minimum Gasteiger partial charge on any atom is -0.331 e. The van der Waals surface area contributed by atoms with E-state index in [2.05, 4.69) is 15.6 Å². The number of nitriles is 1. The van der Waals surface area contributed by atoms with Gasteiger partial charge >= 0.3 is 6.03 Å². The second kappa shape index (κ2) is 5.84. The van der Waals surface area contributed by atoms with Gasteiger partial charge in [-0.05, 0) is 5.56 Å². The molecule has 1 heterocycles. The van der Waals surface area contributed by atoms with Crippen molar-refractivity contribution in [1.29, 1.82) is 5.26 Å². The molecule has 2 aromatic rings. The van der Waals surface area contributed by atoms with E-state index in [1.165, 1.54) is 9.58 Å². The third kappa shape index (κ3) is 2.92. The molecule has 2 amide bonds. The second-order valence-corrected chi connectivity index (χ2v) is 4.37. The highest BCUT2D eigenvalue weighted by Gasteiger charge is 2.16. The van der Waals surface area contributed by atoms with E-state index in [-0.39, 0.29) is 11.7 Å². The molecule has 0 fully saturated rings. The molecule has 7 nitrogen and oxygen atoms in total. The molecule has 0 saturated carbocycles. The molecule has 0 radical (unpaired) electrons. The number of rotatable bonds is 3. The SMILES string of the molecule is CN(C)C(=O)Nc1c(C#N)nnn1Cc1ccccc1. The summed E-state index contributed by atoms with van der Waals surface area (Å²) in [6, 6.07) is 11.2. The molecule has 0 unspecified atom stereocenters. The number of anilines is 1. The van der Waals surface area contributed by atoms with Crippen LogP contribution >= 0.6 is 0 Å². The molecule has 1 N–H and O–H groups in total. The van der Waals surface area contributed by atoms with E-state index in [0.717, 1.165) is 5.56 Å². The lowest BCUT2D eigenvalue weighted by Gasteiger charge is -2.13. The molecule has 1 aromatic carbocycles. The van der Waals surface area contributed by atoms with Gasteiger partial charge in [0.2, 0.25) is 5.69 Å². The Hall–Kier alpha value is -2.88. The quantitative estimate of drug-likeness (QED) is 0.910. The van der Waals surface area contributed by atoms with Crippen LogP contribution in [0.5, 0.6) is 0 Å². The number of nitrogens with zero attached hydrogens (tertiary/aromatic N) is 5. The average Bonchev–Trinajstić information content (AvgIpc) is 2.82. The van der Waals surface area contributed by atoms with Gasteiger partial charge in [0.15, 0.2) is 5.82 Å². The highest BCUT2D eigenvalue weighted by atomic mass is 16.2. The molecule has 20 heavy (non-hydrogen) atoms. The Balaban J connectivity index is 2.28. The number of nitrogens with one attached hydrogen (secondary N) is 1. The maximum absolute atomic E-state index is 11.7. The number of urea groups is 1. The van der Waals surface area contributed by atoms with Crippen LogP contribution < -0.4 is 5.32 Å². The van der Waals surface area contributed by atoms with E-state index in [0.29, 0.717) is 12.4 Å². The molecule has 2 rings (SSSR count). The van der Waals surface area contributed by atoms with Gasteiger partial charge in [0, 0.05) is 14.1 Å². The van der Waals surface area contributed by atoms with Gasteiger partial charge in [-0.1, -0.05) is 35.5 Å². The number of amides is 2. The van der Waals surface area contributed by atoms with E-state index in [1.54, 1.807) is 14.1 Å². The minimum absolute atomic E-state index is 0.0936. The lowest BCUT2D eigenvalue weighted by Crippen LogP contribution is -2.29. The Bertz CT molecular complexity index is 641. The predicted octanol–water partition coefficient (Wildman–Crippen LogP) is 1.29. The summed E-state index contributed by atoms with van der Waals surface area (Å²) in [4.78, 5) is 13.1. The fourth-order valence-corrected chi connectivity index (χ4v) is 1.59. The summed E-state index contributed by atoms with van der Waals surface area (Å²) in [6.45, 7) is 0.429. The fraction of sp³-hybridized carbons (Fsp3) is 0.231. The number of hydrogen-bond acceptors (Lipinski definition) is 4. The van der Waals surface area contributed by atoms with Gasteiger partial charge in [0.1, 0.15) is 6.07 Å². The van der Waals surface area contributed by atoms with Crippen LogP contribution in [0.2, 0.25) is 0 Å². The Morgan fingerprint density at radius 3 is 2.70 bits per heavy atom. The normalized spacial score (nSPS) is 9.85. The first kappa shape index (κ1) is 13.5. The summed E-state index contributed by atoms with van der Waals surface area (Å²) in [5.41, 5.74) is 1.10. The number of carbonyl (C=O) groups excluding carboxylic acids is 1. The third-order valence-corrected chi connectivity index (χ3v) is 2.65. The first-order chi connectivity index (χ1) is 9.61. The van der Waals surface area contributed by atoms with Crippen molar-refractivity contribution < 1.29 is 4.79 Å². The zero-order chi connectivity index (χ0) is 14.5. The Kier molecular flexibility index (Phi) is 3.96. The first-order valence-corrected chi connectivity index (χ1v) is 5.97. The molecule has 0 atom stereocenters. The van der Waals surface area contributed by atoms with E-state index in [1.807, 2.05) is 36.4 Å². The van der Waals surface area contributed by atoms with Gasteiger partial charge < -0.3 is 4.90 Å². The van der Waals surface area contributed by atoms with Gasteiger partial charge in [-0.3, -0.25) is 5.32 Å². The van der Waals surface area contributed by atoms with Gasteiger partial charge in [-0.25, -0.2) is 9.48 Å². The van der Waals surface area contributed by atoms with Crippen molar-refractivity contribution in [3.05, 3.63) is 41.6 Å². The van der Waals surface area contributed by atoms with Crippen molar-refractivity contribution in [2.24, 2.45) is 0 Å². The summed E-state index contributed by atoms with van der Waals surface area (Å²) >= 11 is 0. The molecule has 0 spiro atoms. The van der Waals surface area contributed by atoms with Crippen molar-refractivity contribution in [1.82, 2.24) is 19.9 Å². The number of hydrogen-bond donors (Lipinski definition) is 1. The van der Waals surface area contributed by atoms with E-state index >= 15 is 0 Å². The zero-order valence-corrected chi connectivity index (χ0v) is 11.2. The molecule has 0 aliphatic heterocycles. The highest BCUT2D eigenvalue weighted by molar-refractivity contribution is 5.89. The topological polar surface area (TPSA) is 86.8 Å². The van der Waals surface area contributed by atoms with Crippen LogP contribution in [0.4, 0.5) is 10.6 Å². The zero-order valence-electron chi connectivity index (χ0n) is 11.2. The molecule has 0 aliphatic carbocycles. The van der Waals surface area contributed by atoms with Crippen LogP contribution in [0.15, 0.2) is 30.3 Å². The summed E-state index contributed by atoms with van der Waals surface area (Å²) in [5.74, 6) is 0.301. The van der Waals surface area contributed by atoms with Crippen molar-refractivity contribution in [2.75, 3.05) is 19.4 Å². The number of aromatic nitrogens is 3.